The number of nitrogens with zero attached hydrogens (tertiary/aromatic N) is 5. The van der Waals surface area contributed by atoms with E-state index in [2.05, 4.69) is 25.3 Å². The Labute approximate surface area is 220 Å². The van der Waals surface area contributed by atoms with Crippen molar-refractivity contribution < 1.29 is 32.3 Å². The van der Waals surface area contributed by atoms with Crippen molar-refractivity contribution in [2.24, 2.45) is 5.14 Å². The molecule has 4 heterocycles. The highest BCUT2D eigenvalue weighted by Gasteiger charge is 2.47. The Kier molecular flexibility index (Phi) is 5.81. The fourth-order valence-corrected chi connectivity index (χ4v) is 4.51. The van der Waals surface area contributed by atoms with Crippen LogP contribution in [0.3, 0.4) is 0 Å². The molecule has 1 fully saturated rings. The summed E-state index contributed by atoms with van der Waals surface area (Å²) in [6, 6.07) is 10.6. The number of aromatic nitrogens is 5. The van der Waals surface area contributed by atoms with Gasteiger partial charge < -0.3 is 25.6 Å². The molecule has 14 nitrogen and oxygen atoms in total. The number of imidazole rings is 1. The zero-order valence-electron chi connectivity index (χ0n) is 22.5. The van der Waals surface area contributed by atoms with Gasteiger partial charge in [-0.15, -0.1) is 0 Å². The van der Waals surface area contributed by atoms with Crippen LogP contribution in [0.1, 0.15) is 15.9 Å². The molecule has 4 aromatic rings. The second-order valence-electron chi connectivity index (χ2n) is 8.43. The summed E-state index contributed by atoms with van der Waals surface area (Å²) < 4.78 is 52.4. The van der Waals surface area contributed by atoms with Crippen molar-refractivity contribution in [1.82, 2.24) is 29.8 Å². The van der Waals surface area contributed by atoms with Gasteiger partial charge in [0.15, 0.2) is 35.1 Å². The molecule has 15 heteroatoms. The van der Waals surface area contributed by atoms with E-state index in [9.17, 15) is 23.4 Å². The van der Waals surface area contributed by atoms with E-state index in [1.165, 1.54) is 23.2 Å². The highest BCUT2D eigenvalue weighted by atomic mass is 32.2. The predicted octanol–water partition coefficient (Wildman–Crippen LogP) is -0.487. The molecule has 0 spiro atoms. The van der Waals surface area contributed by atoms with E-state index >= 15 is 0 Å². The maximum atomic E-state index is 12.4. The number of hydrogen-bond acceptors (Lipinski definition) is 11. The zero-order chi connectivity index (χ0) is 29.5. The van der Waals surface area contributed by atoms with Crippen molar-refractivity contribution in [2.75, 3.05) is 12.3 Å². The van der Waals surface area contributed by atoms with Crippen molar-refractivity contribution in [2.45, 2.75) is 36.0 Å². The van der Waals surface area contributed by atoms with Crippen molar-refractivity contribution in [3.05, 3.63) is 60.7 Å². The number of fused-ring (bicyclic) bond motifs is 1. The summed E-state index contributed by atoms with van der Waals surface area (Å²) in [5.74, 6) is -0.897. The van der Waals surface area contributed by atoms with Crippen molar-refractivity contribution in [3.8, 4) is 11.4 Å². The van der Waals surface area contributed by atoms with Gasteiger partial charge in [-0.25, -0.2) is 28.5 Å². The molecule has 1 aromatic carbocycles. The summed E-state index contributed by atoms with van der Waals surface area (Å²) in [7, 11) is -4.09. The lowest BCUT2D eigenvalue weighted by atomic mass is 10.1. The minimum Gasteiger partial charge on any atom is -0.387 e. The monoisotopic (exact) mass is 543 g/mol. The van der Waals surface area contributed by atoms with Gasteiger partial charge in [0, 0.05) is 35.6 Å². The number of pyridine rings is 1. The molecule has 1 aliphatic heterocycles. The molecule has 5 rings (SSSR count). The number of amides is 1. The number of sulfonamides is 1. The van der Waals surface area contributed by atoms with E-state index in [1.807, 2.05) is 30.3 Å². The van der Waals surface area contributed by atoms with Crippen LogP contribution in [0.2, 0.25) is 0 Å². The fourth-order valence-electron chi connectivity index (χ4n) is 4.01. The summed E-state index contributed by atoms with van der Waals surface area (Å²) in [6.45, 7) is -2.51. The number of hydrogen-bond donors (Lipinski definition) is 5. The Bertz CT molecular complexity index is 1700. The molecule has 6 N–H and O–H groups in total. The van der Waals surface area contributed by atoms with Crippen molar-refractivity contribution in [1.29, 1.82) is 0 Å². The normalized spacial score (nSPS) is 23.0. The average Bonchev–Trinajstić information content (AvgIpc) is 3.47. The molecule has 38 heavy (non-hydrogen) atoms. The molecule has 3 aromatic heterocycles. The van der Waals surface area contributed by atoms with Crippen LogP contribution in [-0.2, 0) is 26.1 Å². The summed E-state index contributed by atoms with van der Waals surface area (Å²) in [5, 5.41) is 31.4. The van der Waals surface area contributed by atoms with Gasteiger partial charge in [0.1, 0.15) is 17.1 Å². The molecule has 0 radical (unpaired) electrons. The van der Waals surface area contributed by atoms with E-state index in [1.54, 1.807) is 5.32 Å². The number of benzene rings is 1. The van der Waals surface area contributed by atoms with Gasteiger partial charge in [-0.3, -0.25) is 14.3 Å². The number of anilines is 1. The van der Waals surface area contributed by atoms with Crippen LogP contribution in [0.15, 0.2) is 60.0 Å². The highest BCUT2D eigenvalue weighted by Crippen LogP contribution is 2.33. The molecule has 1 amide bonds. The molecule has 0 aliphatic carbocycles. The van der Waals surface area contributed by atoms with Crippen LogP contribution in [0.4, 0.5) is 5.82 Å². The quantitative estimate of drug-likeness (QED) is 0.201. The van der Waals surface area contributed by atoms with E-state index in [4.69, 9.17) is 14.0 Å². The van der Waals surface area contributed by atoms with Crippen LogP contribution in [0.5, 0.6) is 0 Å². The standard InChI is InChI=1S/C23H24N8O6S/c1-25-22(34)18-16(32)17(33)23(37-18)31-11-28-15-20(27-8-12-5-3-2-4-6-12)29-19(30-21(15)31)13-7-14(10-26-9-13)38(24,35)36/h2-7,9-11,16-18,23,32-33H,8H2,1H3,(H,25,34)(H2,24,35,36)(H,27,29,30)/t16-,17+,18-,23+/m0/s1/i1D3. The summed E-state index contributed by atoms with van der Waals surface area (Å²) in [6.07, 6.45) is -2.90. The van der Waals surface area contributed by atoms with Gasteiger partial charge in [-0.1, -0.05) is 30.3 Å². The van der Waals surface area contributed by atoms with Crippen molar-refractivity contribution in [3.63, 3.8) is 0 Å². The Morgan fingerprint density at radius 2 is 2.00 bits per heavy atom. The first-order valence-electron chi connectivity index (χ1n) is 12.7. The van der Waals surface area contributed by atoms with E-state index in [0.717, 1.165) is 11.8 Å². The van der Waals surface area contributed by atoms with Gasteiger partial charge in [0.25, 0.3) is 5.91 Å². The Hall–Kier alpha value is -4.02. The molecule has 0 unspecified atom stereocenters. The van der Waals surface area contributed by atoms with Gasteiger partial charge in [-0.2, -0.15) is 0 Å². The van der Waals surface area contributed by atoms with Crippen LogP contribution in [0, 0.1) is 0 Å². The second kappa shape index (κ2) is 10.0. The SMILES string of the molecule is [2H]C([2H])([2H])NC(=O)[C@H]1O[C@@H](n2cnc3c(NCc4ccccc4)nc(-c4cncc(S(N)(=O)=O)c4)nc32)[C@H](O)[C@@H]1O. The van der Waals surface area contributed by atoms with Crippen molar-refractivity contribution >= 4 is 32.9 Å². The summed E-state index contributed by atoms with van der Waals surface area (Å²) >= 11 is 0. The molecule has 0 saturated carbocycles. The van der Waals surface area contributed by atoms with Crippen LogP contribution < -0.4 is 15.8 Å². The number of ether oxygens (including phenoxy) is 1. The number of nitrogens with one attached hydrogen (secondary N) is 2. The topological polar surface area (TPSA) is 207 Å². The zero-order valence-corrected chi connectivity index (χ0v) is 20.3. The third-order valence-electron chi connectivity index (χ3n) is 5.92. The predicted molar refractivity (Wildman–Crippen MR) is 134 cm³/mol. The van der Waals surface area contributed by atoms with Crippen LogP contribution >= 0.6 is 0 Å². The second-order valence-corrected chi connectivity index (χ2v) is 9.99. The Morgan fingerprint density at radius 1 is 1.21 bits per heavy atom. The summed E-state index contributed by atoms with van der Waals surface area (Å²) in [5.41, 5.74) is 1.41. The number of rotatable bonds is 7. The minimum absolute atomic E-state index is 0.0116. The third-order valence-corrected chi connectivity index (χ3v) is 6.80. The maximum absolute atomic E-state index is 12.4. The Morgan fingerprint density at radius 3 is 2.74 bits per heavy atom. The van der Waals surface area contributed by atoms with Gasteiger partial charge in [0.05, 0.1) is 6.33 Å². The first-order valence-corrected chi connectivity index (χ1v) is 12.7. The van der Waals surface area contributed by atoms with E-state index < -0.39 is 47.4 Å². The molecule has 0 bridgehead atoms. The average molecular weight is 544 g/mol. The molecular weight excluding hydrogens is 516 g/mol. The Balaban J connectivity index is 1.58. The molecule has 4 atom stereocenters. The molecule has 1 aliphatic rings. The number of aliphatic hydroxyl groups excluding tert-OH is 2. The molecule has 198 valence electrons. The summed E-state index contributed by atoms with van der Waals surface area (Å²) in [4.78, 5) is 29.4. The number of carbonyl (C=O) groups excluding carboxylic acids is 1. The van der Waals surface area contributed by atoms with E-state index in [-0.39, 0.29) is 33.3 Å². The van der Waals surface area contributed by atoms with Gasteiger partial charge >= 0.3 is 0 Å². The lowest BCUT2D eigenvalue weighted by Crippen LogP contribution is -2.41. The number of primary sulfonamides is 1. The van der Waals surface area contributed by atoms with Gasteiger partial charge in [-0.05, 0) is 11.6 Å². The largest absolute Gasteiger partial charge is 0.387 e. The lowest BCUT2D eigenvalue weighted by Gasteiger charge is -2.17. The number of aliphatic hydroxyl groups is 2. The smallest absolute Gasteiger partial charge is 0.251 e. The lowest BCUT2D eigenvalue weighted by molar-refractivity contribution is -0.137. The number of nitrogens with two attached hydrogens (primary N) is 1. The third kappa shape index (κ3) is 4.80. The first kappa shape index (κ1) is 22.0. The molecule has 1 saturated heterocycles. The molecular formula is C23H24N8O6S. The highest BCUT2D eigenvalue weighted by molar-refractivity contribution is 7.89. The van der Waals surface area contributed by atoms with Crippen LogP contribution in [0.25, 0.3) is 22.6 Å². The fraction of sp³-hybridized carbons (Fsp3) is 0.261. The minimum atomic E-state index is -4.09. The first-order chi connectivity index (χ1) is 19.3. The van der Waals surface area contributed by atoms with Gasteiger partial charge in [0.2, 0.25) is 10.0 Å². The van der Waals surface area contributed by atoms with Crippen LogP contribution in [-0.4, -0.2) is 74.3 Å². The number of likely N-dealkylation sites (N-methyl/N-ethyl adjacent to an activating group) is 1. The maximum Gasteiger partial charge on any atom is 0.251 e. The number of carbonyl (C=O) groups is 1. The van der Waals surface area contributed by atoms with E-state index in [0.29, 0.717) is 6.54 Å².